The third kappa shape index (κ3) is 3.90. The number of rotatable bonds is 7. The molecule has 3 aromatic rings. The molecule has 0 amide bonds. The Labute approximate surface area is 137 Å². The maximum Gasteiger partial charge on any atom is 0.136 e. The van der Waals surface area contributed by atoms with Gasteiger partial charge in [0.25, 0.3) is 0 Å². The van der Waals surface area contributed by atoms with Crippen LogP contribution in [0, 0.1) is 0 Å². The van der Waals surface area contributed by atoms with Gasteiger partial charge < -0.3 is 14.5 Å². The number of benzene rings is 1. The Hall–Kier alpha value is -2.33. The van der Waals surface area contributed by atoms with Crippen LogP contribution < -0.4 is 10.1 Å². The van der Waals surface area contributed by atoms with Crippen LogP contribution in [0.25, 0.3) is 5.65 Å². The van der Waals surface area contributed by atoms with E-state index >= 15 is 0 Å². The molecule has 1 aromatic carbocycles. The molecule has 0 aliphatic rings. The summed E-state index contributed by atoms with van der Waals surface area (Å²) in [6, 6.07) is 14.7. The van der Waals surface area contributed by atoms with Gasteiger partial charge in [0, 0.05) is 31.4 Å². The van der Waals surface area contributed by atoms with Gasteiger partial charge in [-0.15, -0.1) is 0 Å². The SMILES string of the molecule is COc1ccccc1C[C@H](C)NCCc1cn2ccccc2n1. The second kappa shape index (κ2) is 7.29. The first-order valence-electron chi connectivity index (χ1n) is 8.04. The Kier molecular flexibility index (Phi) is 4.93. The number of para-hydroxylation sites is 1. The average Bonchev–Trinajstić information content (AvgIpc) is 2.98. The van der Waals surface area contributed by atoms with Crippen molar-refractivity contribution in [3.8, 4) is 5.75 Å². The lowest BCUT2D eigenvalue weighted by molar-refractivity contribution is 0.406. The molecule has 3 rings (SSSR count). The van der Waals surface area contributed by atoms with Crippen molar-refractivity contribution in [2.45, 2.75) is 25.8 Å². The van der Waals surface area contributed by atoms with Crippen molar-refractivity contribution in [2.75, 3.05) is 13.7 Å². The van der Waals surface area contributed by atoms with Crippen LogP contribution in [0.5, 0.6) is 5.75 Å². The standard InChI is InChI=1S/C19H23N3O/c1-15(13-16-7-3-4-8-18(16)23-2)20-11-10-17-14-22-12-6-5-9-19(22)21-17/h3-9,12,14-15,20H,10-11,13H2,1-2H3/t15-/m0/s1. The molecule has 1 atom stereocenters. The highest BCUT2D eigenvalue weighted by molar-refractivity contribution is 5.39. The lowest BCUT2D eigenvalue weighted by Crippen LogP contribution is -2.30. The quantitative estimate of drug-likeness (QED) is 0.729. The zero-order chi connectivity index (χ0) is 16.1. The topological polar surface area (TPSA) is 38.6 Å². The van der Waals surface area contributed by atoms with E-state index in [0.717, 1.165) is 36.5 Å². The molecule has 0 saturated carbocycles. The Morgan fingerprint density at radius 1 is 1.17 bits per heavy atom. The Bertz CT molecular complexity index is 733. The second-order valence-corrected chi connectivity index (χ2v) is 5.82. The molecule has 23 heavy (non-hydrogen) atoms. The van der Waals surface area contributed by atoms with Gasteiger partial charge in [0.05, 0.1) is 12.8 Å². The summed E-state index contributed by atoms with van der Waals surface area (Å²) in [5.41, 5.74) is 3.36. The lowest BCUT2D eigenvalue weighted by Gasteiger charge is -2.15. The van der Waals surface area contributed by atoms with E-state index in [0.29, 0.717) is 6.04 Å². The van der Waals surface area contributed by atoms with E-state index < -0.39 is 0 Å². The molecule has 0 radical (unpaired) electrons. The first-order valence-corrected chi connectivity index (χ1v) is 8.04. The van der Waals surface area contributed by atoms with Crippen LogP contribution in [0.2, 0.25) is 0 Å². The van der Waals surface area contributed by atoms with Gasteiger partial charge in [-0.1, -0.05) is 24.3 Å². The number of pyridine rings is 1. The molecule has 4 nitrogen and oxygen atoms in total. The zero-order valence-corrected chi connectivity index (χ0v) is 13.7. The first-order chi connectivity index (χ1) is 11.3. The molecule has 0 aliphatic heterocycles. The molecule has 2 heterocycles. The van der Waals surface area contributed by atoms with Gasteiger partial charge in [0.2, 0.25) is 0 Å². The summed E-state index contributed by atoms with van der Waals surface area (Å²) in [5, 5.41) is 3.57. The van der Waals surface area contributed by atoms with Gasteiger partial charge in [-0.25, -0.2) is 4.98 Å². The van der Waals surface area contributed by atoms with Crippen LogP contribution >= 0.6 is 0 Å². The summed E-state index contributed by atoms with van der Waals surface area (Å²) in [6.45, 7) is 3.12. The van der Waals surface area contributed by atoms with Gasteiger partial charge in [-0.2, -0.15) is 0 Å². The monoisotopic (exact) mass is 309 g/mol. The normalized spacial score (nSPS) is 12.4. The largest absolute Gasteiger partial charge is 0.496 e. The summed E-state index contributed by atoms with van der Waals surface area (Å²) < 4.78 is 7.48. The summed E-state index contributed by atoms with van der Waals surface area (Å²) in [5.74, 6) is 0.960. The van der Waals surface area contributed by atoms with Crippen molar-refractivity contribution in [1.82, 2.24) is 14.7 Å². The molecule has 0 spiro atoms. The highest BCUT2D eigenvalue weighted by Gasteiger charge is 2.08. The van der Waals surface area contributed by atoms with Crippen LogP contribution in [0.1, 0.15) is 18.2 Å². The molecule has 0 saturated heterocycles. The predicted molar refractivity (Wildman–Crippen MR) is 93.1 cm³/mol. The van der Waals surface area contributed by atoms with Gasteiger partial charge in [-0.05, 0) is 37.1 Å². The molecular formula is C19H23N3O. The maximum absolute atomic E-state index is 5.41. The van der Waals surface area contributed by atoms with E-state index in [2.05, 4.69) is 40.0 Å². The van der Waals surface area contributed by atoms with E-state index in [-0.39, 0.29) is 0 Å². The fraction of sp³-hybridized carbons (Fsp3) is 0.316. The summed E-state index contributed by atoms with van der Waals surface area (Å²) in [7, 11) is 1.72. The molecule has 0 fully saturated rings. The van der Waals surface area contributed by atoms with Gasteiger partial charge in [-0.3, -0.25) is 0 Å². The zero-order valence-electron chi connectivity index (χ0n) is 13.7. The number of fused-ring (bicyclic) bond motifs is 1. The smallest absolute Gasteiger partial charge is 0.136 e. The van der Waals surface area contributed by atoms with E-state index in [1.165, 1.54) is 5.56 Å². The Morgan fingerprint density at radius 2 is 2.00 bits per heavy atom. The van der Waals surface area contributed by atoms with E-state index in [9.17, 15) is 0 Å². The van der Waals surface area contributed by atoms with Gasteiger partial charge in [0.15, 0.2) is 0 Å². The highest BCUT2D eigenvalue weighted by Crippen LogP contribution is 2.18. The van der Waals surface area contributed by atoms with E-state index in [1.54, 1.807) is 7.11 Å². The van der Waals surface area contributed by atoms with Crippen molar-refractivity contribution in [1.29, 1.82) is 0 Å². The van der Waals surface area contributed by atoms with Crippen molar-refractivity contribution in [2.24, 2.45) is 0 Å². The molecule has 0 aliphatic carbocycles. The van der Waals surface area contributed by atoms with Gasteiger partial charge in [0.1, 0.15) is 11.4 Å². The number of ether oxygens (including phenoxy) is 1. The van der Waals surface area contributed by atoms with Crippen molar-refractivity contribution < 1.29 is 4.74 Å². The summed E-state index contributed by atoms with van der Waals surface area (Å²) in [4.78, 5) is 4.62. The molecule has 1 N–H and O–H groups in total. The molecule has 0 bridgehead atoms. The highest BCUT2D eigenvalue weighted by atomic mass is 16.5. The predicted octanol–water partition coefficient (Wildman–Crippen LogP) is 3.11. The number of methoxy groups -OCH3 is 1. The third-order valence-corrected chi connectivity index (χ3v) is 4.01. The van der Waals surface area contributed by atoms with E-state index in [1.807, 2.05) is 36.5 Å². The van der Waals surface area contributed by atoms with Gasteiger partial charge >= 0.3 is 0 Å². The minimum atomic E-state index is 0.392. The number of imidazole rings is 1. The minimum Gasteiger partial charge on any atom is -0.496 e. The number of nitrogens with one attached hydrogen (secondary N) is 1. The fourth-order valence-corrected chi connectivity index (χ4v) is 2.83. The first kappa shape index (κ1) is 15.6. The molecule has 2 aromatic heterocycles. The Balaban J connectivity index is 1.51. The number of hydrogen-bond acceptors (Lipinski definition) is 3. The van der Waals surface area contributed by atoms with Crippen LogP contribution in [0.15, 0.2) is 54.9 Å². The molecule has 4 heteroatoms. The number of hydrogen-bond donors (Lipinski definition) is 1. The molecule has 0 unspecified atom stereocenters. The third-order valence-electron chi connectivity index (χ3n) is 4.01. The maximum atomic E-state index is 5.41. The lowest BCUT2D eigenvalue weighted by atomic mass is 10.1. The Morgan fingerprint density at radius 3 is 2.83 bits per heavy atom. The van der Waals surface area contributed by atoms with Crippen LogP contribution in [-0.4, -0.2) is 29.1 Å². The van der Waals surface area contributed by atoms with Crippen molar-refractivity contribution in [3.63, 3.8) is 0 Å². The average molecular weight is 309 g/mol. The summed E-state index contributed by atoms with van der Waals surface area (Å²) >= 11 is 0. The summed E-state index contributed by atoms with van der Waals surface area (Å²) in [6.07, 6.45) is 6.01. The van der Waals surface area contributed by atoms with Crippen LogP contribution in [0.4, 0.5) is 0 Å². The number of nitrogens with zero attached hydrogens (tertiary/aromatic N) is 2. The van der Waals surface area contributed by atoms with Crippen molar-refractivity contribution in [3.05, 3.63) is 66.1 Å². The minimum absolute atomic E-state index is 0.392. The van der Waals surface area contributed by atoms with Crippen LogP contribution in [-0.2, 0) is 12.8 Å². The second-order valence-electron chi connectivity index (χ2n) is 5.82. The van der Waals surface area contributed by atoms with Crippen molar-refractivity contribution >= 4 is 5.65 Å². The van der Waals surface area contributed by atoms with Crippen LogP contribution in [0.3, 0.4) is 0 Å². The molecule has 120 valence electrons. The van der Waals surface area contributed by atoms with E-state index in [4.69, 9.17) is 4.74 Å². The fourth-order valence-electron chi connectivity index (χ4n) is 2.83. The molecular weight excluding hydrogens is 286 g/mol. The number of aromatic nitrogens is 2.